The van der Waals surface area contributed by atoms with Crippen LogP contribution < -0.4 is 110 Å². The van der Waals surface area contributed by atoms with Gasteiger partial charge in [0, 0.05) is 22.0 Å². The summed E-state index contributed by atoms with van der Waals surface area (Å²) in [5.41, 5.74) is -0.996. The molecule has 1 heterocycles. The monoisotopic (exact) mass is 917 g/mol. The molecule has 0 aliphatic carbocycles. The Bertz CT molecular complexity index is 2560. The Morgan fingerprint density at radius 2 is 1.17 bits per heavy atom. The molecule has 27 heteroatoms. The second kappa shape index (κ2) is 19.5. The summed E-state index contributed by atoms with van der Waals surface area (Å²) in [4.78, 5) is 3.45. The predicted molar refractivity (Wildman–Crippen MR) is 167 cm³/mol. The van der Waals surface area contributed by atoms with Crippen LogP contribution in [0.1, 0.15) is 0 Å². The number of rotatable bonds is 9. The molecule has 0 atom stereocenters. The first kappa shape index (κ1) is 50.2. The number of nitrogens with one attached hydrogen (secondary N) is 2. The molecule has 0 aliphatic rings. The van der Waals surface area contributed by atoms with Gasteiger partial charge in [0.1, 0.15) is 35.4 Å². The molecule has 4 aromatic carbocycles. The zero-order valence-corrected chi connectivity index (χ0v) is 38.4. The third-order valence-corrected chi connectivity index (χ3v) is 9.75. The van der Waals surface area contributed by atoms with Gasteiger partial charge in [-0.2, -0.15) is 10.1 Å². The summed E-state index contributed by atoms with van der Waals surface area (Å²) in [6, 6.07) is 11.6. The first-order chi connectivity index (χ1) is 22.7. The van der Waals surface area contributed by atoms with Crippen molar-refractivity contribution in [3.05, 3.63) is 76.1 Å². The van der Waals surface area contributed by atoms with E-state index in [-0.39, 0.29) is 150 Å². The van der Waals surface area contributed by atoms with Crippen LogP contribution in [0.3, 0.4) is 0 Å². The summed E-state index contributed by atoms with van der Waals surface area (Å²) < 4.78 is 105. The van der Waals surface area contributed by atoms with E-state index in [2.05, 4.69) is 30.8 Å². The second-order valence-corrected chi connectivity index (χ2v) is 14.7. The van der Waals surface area contributed by atoms with Crippen LogP contribution in [0.15, 0.2) is 85.6 Å². The average Bonchev–Trinajstić information content (AvgIpc) is 2.99. The number of benzene rings is 4. The van der Waals surface area contributed by atoms with Gasteiger partial charge in [0.05, 0.1) is 21.2 Å². The van der Waals surface area contributed by atoms with Crippen molar-refractivity contribution in [3.8, 4) is 11.5 Å². The van der Waals surface area contributed by atoms with Gasteiger partial charge < -0.3 is 34.5 Å². The van der Waals surface area contributed by atoms with E-state index < -0.39 is 67.9 Å². The minimum atomic E-state index is -5.64. The minimum absolute atomic E-state index is 0. The van der Waals surface area contributed by atoms with Gasteiger partial charge in [-0.25, -0.2) is 30.2 Å². The number of halogens is 3. The van der Waals surface area contributed by atoms with Gasteiger partial charge in [0.25, 0.3) is 0 Å². The van der Waals surface area contributed by atoms with E-state index in [0.29, 0.717) is 17.1 Å². The SMILES string of the molecule is O=S(=O)([O-])c1cc(N=Nc2c(S(=O)(=O)[O-])cc3cc(Nc4ccc(Nc5nc(Cl)nc(Cl)c5Cl)cc4)ccc3c2[O-])c([O-])c(S(=O)(=O)[O-])c1.[Cu+2].[Na+].[Na+].[Na+]. The number of hydrogen-bond donors (Lipinski definition) is 2. The molecule has 0 unspecified atom stereocenters. The summed E-state index contributed by atoms with van der Waals surface area (Å²) in [6.07, 6.45) is 0. The summed E-state index contributed by atoms with van der Waals surface area (Å²) in [5, 5.41) is 37.9. The number of anilines is 4. The number of nitrogens with zero attached hydrogens (tertiary/aromatic N) is 4. The quantitative estimate of drug-likeness (QED) is 0.0462. The average molecular weight is 919 g/mol. The van der Waals surface area contributed by atoms with Crippen molar-refractivity contribution in [2.75, 3.05) is 10.6 Å². The Morgan fingerprint density at radius 3 is 1.72 bits per heavy atom. The standard InChI is InChI=1S/C26H17Cl3N6O11S3.Cu.3Na/c27-20-24(28)32-26(29)33-25(20)31-13-3-1-12(2-4-13)30-14-5-6-16-11(7-14)8-18(48(41,42)43)21(22(16)36)35-34-17-9-15(47(38,39)40)10-19(23(17)37)49(44,45)46;;;;/h1-10,30,36-37H,(H,31,32,33)(H,38,39,40)(H,41,42,43)(H,44,45,46);;;;/q;+2;3*+1/p-5. The molecule has 2 N–H and O–H groups in total. The zero-order valence-electron chi connectivity index (χ0n) is 26.7. The van der Waals surface area contributed by atoms with Crippen molar-refractivity contribution < 1.29 is 155 Å². The van der Waals surface area contributed by atoms with Crippen LogP contribution >= 0.6 is 34.8 Å². The van der Waals surface area contributed by atoms with E-state index in [9.17, 15) is 49.1 Å². The third-order valence-electron chi connectivity index (χ3n) is 6.34. The smallest absolute Gasteiger partial charge is 0.871 e. The molecule has 5 aromatic rings. The topological polar surface area (TPSA) is 292 Å². The van der Waals surface area contributed by atoms with Gasteiger partial charge in [0.15, 0.2) is 11.0 Å². The Kier molecular flexibility index (Phi) is 18.5. The van der Waals surface area contributed by atoms with Gasteiger partial charge in [-0.05, 0) is 77.0 Å². The van der Waals surface area contributed by atoms with Gasteiger partial charge >= 0.3 is 106 Å². The number of aromatic nitrogens is 2. The van der Waals surface area contributed by atoms with Crippen LogP contribution in [-0.2, 0) is 47.4 Å². The van der Waals surface area contributed by atoms with Crippen molar-refractivity contribution in [2.45, 2.75) is 14.7 Å². The van der Waals surface area contributed by atoms with Crippen molar-refractivity contribution in [1.29, 1.82) is 0 Å². The van der Waals surface area contributed by atoms with Crippen LogP contribution in [0, 0.1) is 0 Å². The Morgan fingerprint density at radius 1 is 0.623 bits per heavy atom. The molecule has 0 saturated carbocycles. The third kappa shape index (κ3) is 12.1. The molecule has 0 amide bonds. The molecule has 0 saturated heterocycles. The number of fused-ring (bicyclic) bond motifs is 1. The Labute approximate surface area is 392 Å². The van der Waals surface area contributed by atoms with E-state index in [1.165, 1.54) is 18.2 Å². The number of azo groups is 1. The second-order valence-electron chi connectivity index (χ2n) is 9.59. The maximum atomic E-state index is 13.3. The maximum Gasteiger partial charge on any atom is 2.00 e. The fourth-order valence-corrected chi connectivity index (χ4v) is 6.54. The van der Waals surface area contributed by atoms with Crippen LogP contribution in [-0.4, -0.2) is 48.9 Å². The Balaban J connectivity index is 0.00000351. The summed E-state index contributed by atoms with van der Waals surface area (Å²) in [7, 11) is -16.6. The van der Waals surface area contributed by atoms with Crippen molar-refractivity contribution in [1.82, 2.24) is 9.97 Å². The molecular formula is C26H12Cl3CuN6Na3O11S3. The van der Waals surface area contributed by atoms with E-state index >= 15 is 0 Å². The summed E-state index contributed by atoms with van der Waals surface area (Å²) >= 11 is 17.8. The van der Waals surface area contributed by atoms with Gasteiger partial charge in [-0.1, -0.05) is 40.8 Å². The maximum absolute atomic E-state index is 13.3. The van der Waals surface area contributed by atoms with Crippen LogP contribution in [0.4, 0.5) is 34.3 Å². The fraction of sp³-hybridized carbons (Fsp3) is 0. The molecule has 1 aromatic heterocycles. The fourth-order valence-electron chi connectivity index (χ4n) is 4.19. The van der Waals surface area contributed by atoms with Crippen LogP contribution in [0.25, 0.3) is 10.8 Å². The molecule has 0 bridgehead atoms. The van der Waals surface area contributed by atoms with Crippen molar-refractivity contribution in [2.24, 2.45) is 10.2 Å². The van der Waals surface area contributed by atoms with Gasteiger partial charge in [-0.15, -0.1) is 5.11 Å². The normalized spacial score (nSPS) is 11.5. The van der Waals surface area contributed by atoms with E-state index in [4.69, 9.17) is 34.8 Å². The first-order valence-corrected chi connectivity index (χ1v) is 18.0. The molecule has 0 aliphatic heterocycles. The van der Waals surface area contributed by atoms with Crippen LogP contribution in [0.2, 0.25) is 15.5 Å². The predicted octanol–water partition coefficient (Wildman–Crippen LogP) is -4.64. The molecule has 53 heavy (non-hydrogen) atoms. The first-order valence-electron chi connectivity index (χ1n) is 12.7. The van der Waals surface area contributed by atoms with Gasteiger partial charge in [0.2, 0.25) is 5.28 Å². The van der Waals surface area contributed by atoms with Crippen LogP contribution in [0.5, 0.6) is 11.5 Å². The zero-order chi connectivity index (χ0) is 36.1. The molecule has 265 valence electrons. The minimum Gasteiger partial charge on any atom is -0.871 e. The van der Waals surface area contributed by atoms with E-state index in [0.717, 1.165) is 6.07 Å². The molecule has 17 nitrogen and oxygen atoms in total. The van der Waals surface area contributed by atoms with Crippen molar-refractivity contribution >= 4 is 110 Å². The van der Waals surface area contributed by atoms with Gasteiger partial charge in [-0.3, -0.25) is 0 Å². The van der Waals surface area contributed by atoms with E-state index in [1.54, 1.807) is 24.3 Å². The summed E-state index contributed by atoms with van der Waals surface area (Å²) in [5.74, 6) is -2.74. The molecule has 1 radical (unpaired) electrons. The largest absolute Gasteiger partial charge is 2.00 e. The number of hydrogen-bond acceptors (Lipinski definition) is 17. The molecule has 0 fully saturated rings. The van der Waals surface area contributed by atoms with E-state index in [1.807, 2.05) is 0 Å². The molecular weight excluding hydrogens is 907 g/mol. The summed E-state index contributed by atoms with van der Waals surface area (Å²) in [6.45, 7) is 0. The van der Waals surface area contributed by atoms with Crippen molar-refractivity contribution in [3.63, 3.8) is 0 Å². The Hall–Kier alpha value is -0.861. The molecule has 0 spiro atoms. The molecule has 5 rings (SSSR count).